The number of unbranched alkanes of at least 4 members (excludes halogenated alkanes) is 4. The first-order valence-corrected chi connectivity index (χ1v) is 14.4. The summed E-state index contributed by atoms with van der Waals surface area (Å²) in [6, 6.07) is -0.581. The van der Waals surface area contributed by atoms with Gasteiger partial charge in [0, 0.05) is 31.0 Å². The van der Waals surface area contributed by atoms with E-state index >= 15 is 0 Å². The Hall–Kier alpha value is -1.80. The maximum Gasteiger partial charge on any atom is 0.311 e. The number of esters is 1. The molecule has 0 radical (unpaired) electrons. The second-order valence-electron chi connectivity index (χ2n) is 10.6. The Morgan fingerprint density at radius 1 is 1.19 bits per heavy atom. The normalized spacial score (nSPS) is 30.4. The van der Waals surface area contributed by atoms with E-state index in [9.17, 15) is 14.4 Å². The highest BCUT2D eigenvalue weighted by Crippen LogP contribution is 2.71. The van der Waals surface area contributed by atoms with Gasteiger partial charge in [-0.25, -0.2) is 0 Å². The summed E-state index contributed by atoms with van der Waals surface area (Å²) in [6.45, 7) is 13.7. The Morgan fingerprint density at radius 2 is 1.94 bits per heavy atom. The Balaban J connectivity index is 1.93. The van der Waals surface area contributed by atoms with Gasteiger partial charge < -0.3 is 19.6 Å². The van der Waals surface area contributed by atoms with Gasteiger partial charge in [0.2, 0.25) is 11.8 Å². The van der Waals surface area contributed by atoms with Gasteiger partial charge in [-0.15, -0.1) is 24.9 Å². The molecule has 3 fully saturated rings. The number of hydrogen-bond acceptors (Lipinski definition) is 6. The van der Waals surface area contributed by atoms with Crippen LogP contribution in [0.5, 0.6) is 0 Å². The van der Waals surface area contributed by atoms with Crippen LogP contribution in [0.4, 0.5) is 0 Å². The molecular weight excluding hydrogens is 476 g/mol. The van der Waals surface area contributed by atoms with E-state index in [-0.39, 0.29) is 31.0 Å². The van der Waals surface area contributed by atoms with Crippen LogP contribution in [0.3, 0.4) is 0 Å². The monoisotopic (exact) mass is 520 g/mol. The van der Waals surface area contributed by atoms with Gasteiger partial charge in [0.05, 0.1) is 23.2 Å². The molecule has 2 amide bonds. The molecule has 3 heterocycles. The van der Waals surface area contributed by atoms with Gasteiger partial charge in [-0.05, 0) is 45.4 Å². The summed E-state index contributed by atoms with van der Waals surface area (Å²) in [4.78, 5) is 45.2. The first kappa shape index (κ1) is 28.8. The zero-order chi connectivity index (χ0) is 26.3. The van der Waals surface area contributed by atoms with E-state index in [1.807, 2.05) is 4.90 Å². The third-order valence-electron chi connectivity index (χ3n) is 8.08. The summed E-state index contributed by atoms with van der Waals surface area (Å²) in [5.74, 6) is -1.51. The SMILES string of the molecule is C=CCCOC(=O)[C@H]1[C@H]2C(=O)N(CCCCCCO)C(C(=O)N(CC=C)CCCC)C23CC[C@]1(C)S3. The molecule has 3 aliphatic rings. The third kappa shape index (κ3) is 5.40. The van der Waals surface area contributed by atoms with E-state index in [1.165, 1.54) is 0 Å². The molecule has 3 rings (SSSR count). The number of aliphatic hydroxyl groups excluding tert-OH is 1. The number of likely N-dealkylation sites (tertiary alicyclic amines) is 1. The first-order valence-electron chi connectivity index (χ1n) is 13.6. The average Bonchev–Trinajstić information content (AvgIpc) is 3.42. The van der Waals surface area contributed by atoms with Crippen molar-refractivity contribution in [1.29, 1.82) is 0 Å². The van der Waals surface area contributed by atoms with E-state index in [0.29, 0.717) is 26.1 Å². The number of hydrogen-bond donors (Lipinski definition) is 1. The summed E-state index contributed by atoms with van der Waals surface area (Å²) in [7, 11) is 0. The molecule has 36 heavy (non-hydrogen) atoms. The average molecular weight is 521 g/mol. The van der Waals surface area contributed by atoms with Crippen LogP contribution in [-0.4, -0.2) is 81.1 Å². The van der Waals surface area contributed by atoms with Crippen molar-refractivity contribution in [3.63, 3.8) is 0 Å². The molecule has 7 nitrogen and oxygen atoms in total. The van der Waals surface area contributed by atoms with E-state index in [4.69, 9.17) is 9.84 Å². The van der Waals surface area contributed by atoms with E-state index in [0.717, 1.165) is 51.4 Å². The second-order valence-corrected chi connectivity index (χ2v) is 12.5. The van der Waals surface area contributed by atoms with Crippen molar-refractivity contribution in [2.24, 2.45) is 11.8 Å². The minimum Gasteiger partial charge on any atom is -0.465 e. The number of carbonyl (C=O) groups excluding carboxylic acids is 3. The summed E-state index contributed by atoms with van der Waals surface area (Å²) in [6.07, 6.45) is 10.7. The molecule has 3 saturated heterocycles. The molecule has 8 heteroatoms. The number of rotatable bonds is 16. The van der Waals surface area contributed by atoms with Crippen LogP contribution in [0.1, 0.15) is 71.6 Å². The Labute approximate surface area is 220 Å². The number of aliphatic hydroxyl groups is 1. The minimum atomic E-state index is -0.609. The Kier molecular flexibility index (Phi) is 10.1. The summed E-state index contributed by atoms with van der Waals surface area (Å²) in [5.41, 5.74) is 0. The van der Waals surface area contributed by atoms with Crippen molar-refractivity contribution < 1.29 is 24.2 Å². The molecule has 0 aromatic rings. The zero-order valence-corrected chi connectivity index (χ0v) is 22.9. The molecule has 0 aromatic heterocycles. The summed E-state index contributed by atoms with van der Waals surface area (Å²) >= 11 is 1.69. The zero-order valence-electron chi connectivity index (χ0n) is 22.1. The number of fused-ring (bicyclic) bond motifs is 1. The van der Waals surface area contributed by atoms with Crippen LogP contribution in [0.25, 0.3) is 0 Å². The highest BCUT2D eigenvalue weighted by atomic mass is 32.2. The lowest BCUT2D eigenvalue weighted by atomic mass is 9.66. The highest BCUT2D eigenvalue weighted by molar-refractivity contribution is 8.02. The molecule has 2 bridgehead atoms. The molecule has 0 aliphatic carbocycles. The van der Waals surface area contributed by atoms with Crippen molar-refractivity contribution in [3.05, 3.63) is 25.3 Å². The van der Waals surface area contributed by atoms with Crippen LogP contribution in [0.2, 0.25) is 0 Å². The molecule has 2 unspecified atom stereocenters. The molecule has 202 valence electrons. The number of nitrogens with zero attached hydrogens (tertiary/aromatic N) is 2. The molecule has 1 N–H and O–H groups in total. The van der Waals surface area contributed by atoms with Gasteiger partial charge in [0.1, 0.15) is 6.04 Å². The molecule has 0 aromatic carbocycles. The van der Waals surface area contributed by atoms with E-state index in [1.54, 1.807) is 28.8 Å². The lowest BCUT2D eigenvalue weighted by Gasteiger charge is -2.37. The predicted molar refractivity (Wildman–Crippen MR) is 143 cm³/mol. The Morgan fingerprint density at radius 3 is 2.61 bits per heavy atom. The Bertz CT molecular complexity index is 835. The van der Waals surface area contributed by atoms with Crippen LogP contribution < -0.4 is 0 Å². The maximum absolute atomic E-state index is 14.2. The fourth-order valence-electron chi connectivity index (χ4n) is 6.35. The second kappa shape index (κ2) is 12.6. The smallest absolute Gasteiger partial charge is 0.311 e. The van der Waals surface area contributed by atoms with Crippen molar-refractivity contribution in [2.75, 3.05) is 32.8 Å². The first-order chi connectivity index (χ1) is 17.3. The quantitative estimate of drug-likeness (QED) is 0.188. The summed E-state index contributed by atoms with van der Waals surface area (Å²) < 4.78 is 4.58. The van der Waals surface area contributed by atoms with Gasteiger partial charge in [-0.1, -0.05) is 38.3 Å². The molecule has 1 spiro atoms. The fourth-order valence-corrected chi connectivity index (χ4v) is 8.69. The number of carbonyl (C=O) groups is 3. The number of amides is 2. The largest absolute Gasteiger partial charge is 0.465 e. The van der Waals surface area contributed by atoms with Crippen LogP contribution in [0.15, 0.2) is 25.3 Å². The van der Waals surface area contributed by atoms with Gasteiger partial charge in [0.25, 0.3) is 0 Å². The highest BCUT2D eigenvalue weighted by Gasteiger charge is 2.77. The fraction of sp³-hybridized carbons (Fsp3) is 0.750. The van der Waals surface area contributed by atoms with Crippen molar-refractivity contribution in [1.82, 2.24) is 9.80 Å². The van der Waals surface area contributed by atoms with Gasteiger partial charge >= 0.3 is 5.97 Å². The van der Waals surface area contributed by atoms with E-state index < -0.39 is 27.4 Å². The van der Waals surface area contributed by atoms with Crippen molar-refractivity contribution >= 4 is 29.5 Å². The number of ether oxygens (including phenoxy) is 1. The van der Waals surface area contributed by atoms with Crippen LogP contribution in [0, 0.1) is 11.8 Å². The third-order valence-corrected chi connectivity index (χ3v) is 10.1. The maximum atomic E-state index is 14.2. The lowest BCUT2D eigenvalue weighted by molar-refractivity contribution is -0.155. The van der Waals surface area contributed by atoms with Gasteiger partial charge in [-0.3, -0.25) is 14.4 Å². The van der Waals surface area contributed by atoms with Crippen molar-refractivity contribution in [3.8, 4) is 0 Å². The van der Waals surface area contributed by atoms with Crippen molar-refractivity contribution in [2.45, 2.75) is 87.2 Å². The molecular formula is C28H44N2O5S. The molecule has 3 aliphatic heterocycles. The summed E-state index contributed by atoms with van der Waals surface area (Å²) in [5, 5.41) is 9.10. The number of thioether (sulfide) groups is 1. The lowest BCUT2D eigenvalue weighted by Crippen LogP contribution is -2.55. The van der Waals surface area contributed by atoms with Gasteiger partial charge in [0.15, 0.2) is 0 Å². The predicted octanol–water partition coefficient (Wildman–Crippen LogP) is 3.95. The van der Waals surface area contributed by atoms with Crippen LogP contribution >= 0.6 is 11.8 Å². The topological polar surface area (TPSA) is 87.1 Å². The van der Waals surface area contributed by atoms with Gasteiger partial charge in [-0.2, -0.15) is 0 Å². The van der Waals surface area contributed by atoms with Crippen LogP contribution in [-0.2, 0) is 19.1 Å². The molecule has 0 saturated carbocycles. The molecule has 5 atom stereocenters. The minimum absolute atomic E-state index is 0.0213. The standard InChI is InChI=1S/C28H44N2O5S/c1-5-8-17-29(16-7-3)25(33)23-28-15-14-27(4,36-28)22(26(34)35-20-9-6-2)21(28)24(32)30(23)18-12-10-11-13-19-31/h6-7,21-23,31H,2-3,5,8-20H2,1,4H3/t21-,22+,23?,27-,28?/m0/s1. The van der Waals surface area contributed by atoms with E-state index in [2.05, 4.69) is 27.0 Å².